The quantitative estimate of drug-likeness (QED) is 0.179. The van der Waals surface area contributed by atoms with Gasteiger partial charge in [0.2, 0.25) is 5.91 Å². The van der Waals surface area contributed by atoms with E-state index in [0.717, 1.165) is 29.8 Å². The molecule has 0 aliphatic carbocycles. The molecule has 12 nitrogen and oxygen atoms in total. The van der Waals surface area contributed by atoms with E-state index in [1.807, 2.05) is 24.3 Å². The number of rotatable bonds is 18. The van der Waals surface area contributed by atoms with E-state index in [2.05, 4.69) is 20.9 Å². The van der Waals surface area contributed by atoms with Crippen molar-refractivity contribution in [1.82, 2.24) is 25.6 Å². The highest BCUT2D eigenvalue weighted by atomic mass is 19.1. The Kier molecular flexibility index (Phi) is 12.1. The second kappa shape index (κ2) is 15.3. The third-order valence-electron chi connectivity index (χ3n) is 5.56. The van der Waals surface area contributed by atoms with Gasteiger partial charge in [0.15, 0.2) is 0 Å². The number of amides is 1. The van der Waals surface area contributed by atoms with E-state index in [1.165, 1.54) is 0 Å². The van der Waals surface area contributed by atoms with Crippen LogP contribution in [-0.2, 0) is 32.0 Å². The zero-order valence-electron chi connectivity index (χ0n) is 20.3. The van der Waals surface area contributed by atoms with Crippen molar-refractivity contribution in [3.8, 4) is 5.69 Å². The lowest BCUT2D eigenvalue weighted by atomic mass is 10.1. The zero-order chi connectivity index (χ0) is 27.2. The summed E-state index contributed by atoms with van der Waals surface area (Å²) in [5.74, 6) is -4.62. The van der Waals surface area contributed by atoms with Crippen molar-refractivity contribution >= 4 is 23.8 Å². The predicted octanol–water partition coefficient (Wildman–Crippen LogP) is 1.36. The predicted molar refractivity (Wildman–Crippen MR) is 129 cm³/mol. The number of carboxylic acids is 3. The molecular formula is C24H32FN5O7. The molecule has 0 radical (unpaired) electrons. The van der Waals surface area contributed by atoms with Crippen LogP contribution in [0.15, 0.2) is 30.5 Å². The molecule has 0 spiro atoms. The Morgan fingerprint density at radius 1 is 0.946 bits per heavy atom. The molecule has 5 N–H and O–H groups in total. The van der Waals surface area contributed by atoms with Crippen molar-refractivity contribution in [2.75, 3.05) is 13.2 Å². The average molecular weight is 522 g/mol. The zero-order valence-corrected chi connectivity index (χ0v) is 20.3. The highest BCUT2D eigenvalue weighted by Gasteiger charge is 2.25. The molecule has 37 heavy (non-hydrogen) atoms. The first-order valence-corrected chi connectivity index (χ1v) is 12.0. The number of nitrogens with zero attached hydrogens (tertiary/aromatic N) is 3. The van der Waals surface area contributed by atoms with E-state index >= 15 is 0 Å². The molecule has 1 aromatic carbocycles. The molecule has 13 heteroatoms. The van der Waals surface area contributed by atoms with Gasteiger partial charge in [-0.05, 0) is 62.8 Å². The van der Waals surface area contributed by atoms with Gasteiger partial charge in [-0.3, -0.25) is 18.8 Å². The summed E-state index contributed by atoms with van der Waals surface area (Å²) in [5, 5.41) is 40.2. The van der Waals surface area contributed by atoms with Crippen LogP contribution in [0, 0.1) is 0 Å². The maximum atomic E-state index is 12.3. The van der Waals surface area contributed by atoms with E-state index in [4.69, 9.17) is 10.2 Å². The largest absolute Gasteiger partial charge is 0.481 e. The molecule has 0 aliphatic rings. The van der Waals surface area contributed by atoms with Crippen LogP contribution in [-0.4, -0.2) is 79.4 Å². The normalized spacial score (nSPS) is 12.6. The molecule has 1 aromatic heterocycles. The second-order valence-electron chi connectivity index (χ2n) is 8.51. The lowest BCUT2D eigenvalue weighted by molar-refractivity contribution is -0.143. The fraction of sp³-hybridized carbons (Fsp3) is 0.500. The van der Waals surface area contributed by atoms with Crippen molar-refractivity contribution in [1.29, 1.82) is 0 Å². The number of halogens is 1. The van der Waals surface area contributed by atoms with Crippen LogP contribution in [0.5, 0.6) is 0 Å². The summed E-state index contributed by atoms with van der Waals surface area (Å²) in [5.41, 5.74) is 2.64. The number of carbonyl (C=O) groups is 4. The van der Waals surface area contributed by atoms with Gasteiger partial charge < -0.3 is 26.0 Å². The number of benzene rings is 1. The second-order valence-corrected chi connectivity index (χ2v) is 8.51. The first-order valence-electron chi connectivity index (χ1n) is 12.0. The molecule has 202 valence electrons. The number of alkyl halides is 1. The molecule has 0 saturated carbocycles. The SMILES string of the molecule is O=C(O)CC[C@H](NC(=O)C[C@@H](NCCCCc1ccc(-n2cc(CCCF)nn2)cc1)C(=O)O)C(=O)O. The fourth-order valence-corrected chi connectivity index (χ4v) is 3.54. The number of hydrogen-bond donors (Lipinski definition) is 5. The van der Waals surface area contributed by atoms with Gasteiger partial charge in [-0.25, -0.2) is 9.48 Å². The number of aromatic nitrogens is 3. The minimum Gasteiger partial charge on any atom is -0.481 e. The summed E-state index contributed by atoms with van der Waals surface area (Å²) >= 11 is 0. The monoisotopic (exact) mass is 521 g/mol. The fourth-order valence-electron chi connectivity index (χ4n) is 3.54. The van der Waals surface area contributed by atoms with Crippen LogP contribution in [0.3, 0.4) is 0 Å². The standard InChI is InChI=1S/C24H32FN5O7/c25-12-3-5-17-15-30(29-28-17)18-8-6-16(7-9-18)4-1-2-13-26-20(24(36)37)14-21(31)27-19(23(34)35)10-11-22(32)33/h6-9,15,19-20,26H,1-5,10-14H2,(H,27,31)(H,32,33)(H,34,35)(H,36,37)/t19-,20+/m0/s1. The Balaban J connectivity index is 1.74. The van der Waals surface area contributed by atoms with Crippen LogP contribution in [0.4, 0.5) is 4.39 Å². The van der Waals surface area contributed by atoms with Gasteiger partial charge in [0.1, 0.15) is 12.1 Å². The number of hydrogen-bond acceptors (Lipinski definition) is 7. The summed E-state index contributed by atoms with van der Waals surface area (Å²) in [6, 6.07) is 5.11. The van der Waals surface area contributed by atoms with Crippen LogP contribution < -0.4 is 10.6 Å². The van der Waals surface area contributed by atoms with Crippen molar-refractivity contribution in [2.45, 2.75) is 63.5 Å². The lowest BCUT2D eigenvalue weighted by Crippen LogP contribution is -2.46. The molecule has 1 amide bonds. The Hall–Kier alpha value is -3.87. The summed E-state index contributed by atoms with van der Waals surface area (Å²) in [4.78, 5) is 45.4. The Morgan fingerprint density at radius 2 is 1.65 bits per heavy atom. The number of aryl methyl sites for hydroxylation is 2. The minimum absolute atomic E-state index is 0.303. The van der Waals surface area contributed by atoms with Crippen molar-refractivity contribution in [2.24, 2.45) is 0 Å². The van der Waals surface area contributed by atoms with Gasteiger partial charge in [0.05, 0.1) is 30.7 Å². The Morgan fingerprint density at radius 3 is 2.27 bits per heavy atom. The summed E-state index contributed by atoms with van der Waals surface area (Å²) < 4.78 is 13.9. The molecule has 2 aromatic rings. The first-order chi connectivity index (χ1) is 17.7. The number of carboxylic acid groups (broad SMARTS) is 3. The van der Waals surface area contributed by atoms with Crippen molar-refractivity contribution in [3.63, 3.8) is 0 Å². The van der Waals surface area contributed by atoms with Gasteiger partial charge >= 0.3 is 17.9 Å². The smallest absolute Gasteiger partial charge is 0.326 e. The average Bonchev–Trinajstić information content (AvgIpc) is 3.33. The molecule has 0 bridgehead atoms. The van der Waals surface area contributed by atoms with Crippen LogP contribution in [0.25, 0.3) is 5.69 Å². The molecule has 0 unspecified atom stereocenters. The van der Waals surface area contributed by atoms with E-state index in [1.54, 1.807) is 10.9 Å². The van der Waals surface area contributed by atoms with Crippen molar-refractivity contribution < 1.29 is 38.9 Å². The topological polar surface area (TPSA) is 184 Å². The number of unbranched alkanes of at least 4 members (excludes halogenated alkanes) is 1. The molecule has 0 fully saturated rings. The summed E-state index contributed by atoms with van der Waals surface area (Å²) in [6.45, 7) is -0.0584. The molecule has 2 rings (SSSR count). The van der Waals surface area contributed by atoms with Gasteiger partial charge in [0, 0.05) is 6.42 Å². The maximum absolute atomic E-state index is 12.3. The summed E-state index contributed by atoms with van der Waals surface area (Å²) in [6.07, 6.45) is 3.65. The lowest BCUT2D eigenvalue weighted by Gasteiger charge is -2.17. The van der Waals surface area contributed by atoms with Crippen molar-refractivity contribution in [3.05, 3.63) is 41.7 Å². The molecular weight excluding hydrogens is 489 g/mol. The highest BCUT2D eigenvalue weighted by molar-refractivity contribution is 5.87. The Labute approximate surface area is 212 Å². The van der Waals surface area contributed by atoms with Crippen LogP contribution in [0.2, 0.25) is 0 Å². The third-order valence-corrected chi connectivity index (χ3v) is 5.56. The number of nitrogens with one attached hydrogen (secondary N) is 2. The van der Waals surface area contributed by atoms with E-state index < -0.39 is 55.4 Å². The van der Waals surface area contributed by atoms with Gasteiger partial charge in [-0.2, -0.15) is 0 Å². The number of carbonyl (C=O) groups excluding carboxylic acids is 1. The Bertz CT molecular complexity index is 1040. The van der Waals surface area contributed by atoms with Gasteiger partial charge in [-0.15, -0.1) is 5.10 Å². The molecule has 1 heterocycles. The molecule has 0 saturated heterocycles. The minimum atomic E-state index is -1.41. The van der Waals surface area contributed by atoms with E-state index in [9.17, 15) is 28.7 Å². The molecule has 2 atom stereocenters. The maximum Gasteiger partial charge on any atom is 0.326 e. The van der Waals surface area contributed by atoms with Crippen LogP contribution >= 0.6 is 0 Å². The number of aliphatic carboxylic acids is 3. The highest BCUT2D eigenvalue weighted by Crippen LogP contribution is 2.12. The summed E-state index contributed by atoms with van der Waals surface area (Å²) in [7, 11) is 0. The third kappa shape index (κ3) is 10.7. The van der Waals surface area contributed by atoms with E-state index in [-0.39, 0.29) is 6.42 Å². The molecule has 0 aliphatic heterocycles. The van der Waals surface area contributed by atoms with Gasteiger partial charge in [-0.1, -0.05) is 17.3 Å². The van der Waals surface area contributed by atoms with Crippen LogP contribution in [0.1, 0.15) is 49.8 Å². The van der Waals surface area contributed by atoms with Gasteiger partial charge in [0.25, 0.3) is 0 Å². The first kappa shape index (κ1) is 29.4. The van der Waals surface area contributed by atoms with E-state index in [0.29, 0.717) is 25.8 Å².